The Kier molecular flexibility index (Phi) is 3.87. The van der Waals surface area contributed by atoms with E-state index in [2.05, 4.69) is 37.2 Å². The summed E-state index contributed by atoms with van der Waals surface area (Å²) in [5, 5.41) is 2.88. The molecule has 18 heavy (non-hydrogen) atoms. The average molecular weight is 378 g/mol. The summed E-state index contributed by atoms with van der Waals surface area (Å²) in [5.41, 5.74) is 6.28. The lowest BCUT2D eigenvalue weighted by Crippen LogP contribution is -2.00. The lowest BCUT2D eigenvalue weighted by molar-refractivity contribution is 0.587. The van der Waals surface area contributed by atoms with Crippen molar-refractivity contribution in [3.05, 3.63) is 50.9 Å². The van der Waals surface area contributed by atoms with E-state index in [9.17, 15) is 8.78 Å². The minimum Gasteiger partial charge on any atom is -0.395 e. The van der Waals surface area contributed by atoms with Gasteiger partial charge in [0.05, 0.1) is 17.1 Å². The van der Waals surface area contributed by atoms with Gasteiger partial charge in [0.1, 0.15) is 5.82 Å². The van der Waals surface area contributed by atoms with Crippen LogP contribution in [-0.2, 0) is 0 Å². The van der Waals surface area contributed by atoms with E-state index in [0.29, 0.717) is 5.69 Å². The Labute approximate surface area is 119 Å². The second-order valence-corrected chi connectivity index (χ2v) is 5.37. The molecule has 0 fully saturated rings. The zero-order valence-corrected chi connectivity index (χ0v) is 12.1. The first-order valence-electron chi connectivity index (χ1n) is 4.94. The third-order valence-electron chi connectivity index (χ3n) is 2.29. The molecule has 2 aromatic carbocycles. The van der Waals surface area contributed by atoms with Crippen molar-refractivity contribution in [2.24, 2.45) is 0 Å². The Morgan fingerprint density at radius 2 is 1.72 bits per heavy atom. The van der Waals surface area contributed by atoms with Gasteiger partial charge < -0.3 is 11.1 Å². The maximum Gasteiger partial charge on any atom is 0.151 e. The first kappa shape index (κ1) is 13.3. The van der Waals surface area contributed by atoms with E-state index >= 15 is 0 Å². The SMILES string of the molecule is Nc1c(F)cc(F)cc1Nc1ccc(Br)cc1Br. The highest BCUT2D eigenvalue weighted by molar-refractivity contribution is 9.11. The van der Waals surface area contributed by atoms with Gasteiger partial charge in [0.15, 0.2) is 5.82 Å². The van der Waals surface area contributed by atoms with Crippen LogP contribution in [-0.4, -0.2) is 0 Å². The quantitative estimate of drug-likeness (QED) is 0.736. The highest BCUT2D eigenvalue weighted by Crippen LogP contribution is 2.32. The fourth-order valence-corrected chi connectivity index (χ4v) is 2.57. The van der Waals surface area contributed by atoms with E-state index in [0.717, 1.165) is 21.1 Å². The summed E-state index contributed by atoms with van der Waals surface area (Å²) in [4.78, 5) is 0. The number of hydrogen-bond acceptors (Lipinski definition) is 2. The molecule has 2 aromatic rings. The van der Waals surface area contributed by atoms with Crippen molar-refractivity contribution >= 4 is 48.9 Å². The molecule has 0 aromatic heterocycles. The Bertz CT molecular complexity index is 603. The molecule has 0 saturated carbocycles. The van der Waals surface area contributed by atoms with Crippen LogP contribution in [0.25, 0.3) is 0 Å². The number of hydrogen-bond donors (Lipinski definition) is 2. The number of nitrogens with one attached hydrogen (secondary N) is 1. The highest BCUT2D eigenvalue weighted by Gasteiger charge is 2.09. The van der Waals surface area contributed by atoms with Crippen LogP contribution in [0.3, 0.4) is 0 Å². The van der Waals surface area contributed by atoms with Gasteiger partial charge >= 0.3 is 0 Å². The van der Waals surface area contributed by atoms with Gasteiger partial charge in [-0.2, -0.15) is 0 Å². The van der Waals surface area contributed by atoms with E-state index in [1.165, 1.54) is 0 Å². The molecule has 6 heteroatoms. The van der Waals surface area contributed by atoms with Gasteiger partial charge in [-0.3, -0.25) is 0 Å². The Hall–Kier alpha value is -1.14. The molecule has 0 aliphatic heterocycles. The lowest BCUT2D eigenvalue weighted by Gasteiger charge is -2.12. The van der Waals surface area contributed by atoms with Gasteiger partial charge in [-0.15, -0.1) is 0 Å². The lowest BCUT2D eigenvalue weighted by atomic mass is 10.2. The number of nitrogens with two attached hydrogens (primary N) is 1. The summed E-state index contributed by atoms with van der Waals surface area (Å²) >= 11 is 6.66. The molecule has 0 spiro atoms. The van der Waals surface area contributed by atoms with Crippen molar-refractivity contribution in [3.63, 3.8) is 0 Å². The van der Waals surface area contributed by atoms with Crippen molar-refractivity contribution in [2.45, 2.75) is 0 Å². The summed E-state index contributed by atoms with van der Waals surface area (Å²) in [6, 6.07) is 7.27. The van der Waals surface area contributed by atoms with Crippen molar-refractivity contribution in [1.82, 2.24) is 0 Å². The standard InChI is InChI=1S/C12H8Br2F2N2/c13-6-1-2-10(8(14)3-6)18-11-5-7(15)4-9(16)12(11)17/h1-5,18H,17H2. The zero-order valence-electron chi connectivity index (χ0n) is 8.98. The van der Waals surface area contributed by atoms with Gasteiger partial charge in [0.2, 0.25) is 0 Å². The minimum absolute atomic E-state index is 0.119. The molecule has 3 N–H and O–H groups in total. The second kappa shape index (κ2) is 5.24. The molecule has 0 aliphatic carbocycles. The third kappa shape index (κ3) is 2.81. The van der Waals surface area contributed by atoms with Crippen molar-refractivity contribution in [3.8, 4) is 0 Å². The molecule has 0 radical (unpaired) electrons. The van der Waals surface area contributed by atoms with Crippen LogP contribution in [0.5, 0.6) is 0 Å². The van der Waals surface area contributed by atoms with Crippen LogP contribution >= 0.6 is 31.9 Å². The molecule has 0 atom stereocenters. The Balaban J connectivity index is 2.40. The zero-order chi connectivity index (χ0) is 13.3. The summed E-state index contributed by atoms with van der Waals surface area (Å²) in [5.74, 6) is -1.47. The van der Waals surface area contributed by atoms with Crippen molar-refractivity contribution in [1.29, 1.82) is 0 Å². The number of benzene rings is 2. The smallest absolute Gasteiger partial charge is 0.151 e. The molecule has 0 unspecified atom stereocenters. The summed E-state index contributed by atoms with van der Waals surface area (Å²) in [6.45, 7) is 0. The fraction of sp³-hybridized carbons (Fsp3) is 0. The Morgan fingerprint density at radius 3 is 2.39 bits per heavy atom. The van der Waals surface area contributed by atoms with Crippen LogP contribution in [0.2, 0.25) is 0 Å². The topological polar surface area (TPSA) is 38.0 Å². The summed E-state index contributed by atoms with van der Waals surface area (Å²) in [7, 11) is 0. The summed E-state index contributed by atoms with van der Waals surface area (Å²) in [6.07, 6.45) is 0. The largest absolute Gasteiger partial charge is 0.395 e. The molecular weight excluding hydrogens is 370 g/mol. The maximum atomic E-state index is 13.3. The molecule has 0 bridgehead atoms. The first-order valence-corrected chi connectivity index (χ1v) is 6.52. The van der Waals surface area contributed by atoms with Gasteiger partial charge in [0, 0.05) is 15.0 Å². The second-order valence-electron chi connectivity index (χ2n) is 3.60. The fourth-order valence-electron chi connectivity index (χ4n) is 1.42. The van der Waals surface area contributed by atoms with Gasteiger partial charge in [-0.25, -0.2) is 8.78 Å². The van der Waals surface area contributed by atoms with Gasteiger partial charge in [0.25, 0.3) is 0 Å². The number of anilines is 3. The molecule has 0 saturated heterocycles. The molecule has 0 amide bonds. The molecule has 0 heterocycles. The van der Waals surface area contributed by atoms with E-state index in [-0.39, 0.29) is 11.4 Å². The van der Waals surface area contributed by atoms with Crippen LogP contribution < -0.4 is 11.1 Å². The Morgan fingerprint density at radius 1 is 1.00 bits per heavy atom. The van der Waals surface area contributed by atoms with Crippen LogP contribution in [0.1, 0.15) is 0 Å². The van der Waals surface area contributed by atoms with Crippen LogP contribution in [0.15, 0.2) is 39.3 Å². The van der Waals surface area contributed by atoms with Crippen molar-refractivity contribution in [2.75, 3.05) is 11.1 Å². The van der Waals surface area contributed by atoms with Crippen LogP contribution in [0.4, 0.5) is 25.8 Å². The highest BCUT2D eigenvalue weighted by atomic mass is 79.9. The van der Waals surface area contributed by atoms with E-state index in [1.807, 2.05) is 6.07 Å². The average Bonchev–Trinajstić information content (AvgIpc) is 2.29. The number of nitrogen functional groups attached to an aromatic ring is 1. The van der Waals surface area contributed by atoms with E-state index < -0.39 is 11.6 Å². The maximum absolute atomic E-state index is 13.3. The predicted molar refractivity (Wildman–Crippen MR) is 75.9 cm³/mol. The van der Waals surface area contributed by atoms with Crippen molar-refractivity contribution < 1.29 is 8.78 Å². The predicted octanol–water partition coefficient (Wildman–Crippen LogP) is 4.82. The normalized spacial score (nSPS) is 10.4. The van der Waals surface area contributed by atoms with E-state index in [4.69, 9.17) is 5.73 Å². The number of rotatable bonds is 2. The molecule has 94 valence electrons. The molecule has 2 nitrogen and oxygen atoms in total. The van der Waals surface area contributed by atoms with Gasteiger partial charge in [-0.05, 0) is 40.2 Å². The van der Waals surface area contributed by atoms with E-state index in [1.54, 1.807) is 12.1 Å². The molecule has 0 aliphatic rings. The summed E-state index contributed by atoms with van der Waals surface area (Å²) < 4.78 is 28.0. The van der Waals surface area contributed by atoms with Gasteiger partial charge in [-0.1, -0.05) is 15.9 Å². The molecular formula is C12H8Br2F2N2. The monoisotopic (exact) mass is 376 g/mol. The molecule has 2 rings (SSSR count). The van der Waals surface area contributed by atoms with Crippen LogP contribution in [0, 0.1) is 11.6 Å². The minimum atomic E-state index is -0.786. The number of halogens is 4. The third-order valence-corrected chi connectivity index (χ3v) is 3.44. The first-order chi connectivity index (χ1) is 8.47.